The third-order valence-corrected chi connectivity index (χ3v) is 6.12. The fraction of sp³-hybridized carbons (Fsp3) is 1.00. The van der Waals surface area contributed by atoms with Crippen molar-refractivity contribution in [3.05, 3.63) is 0 Å². The molecule has 1 aliphatic heterocycles. The van der Waals surface area contributed by atoms with E-state index in [1.54, 1.807) is 0 Å². The van der Waals surface area contributed by atoms with Crippen LogP contribution in [0.3, 0.4) is 0 Å². The topological polar surface area (TPSA) is 60.2 Å². The predicted molar refractivity (Wildman–Crippen MR) is 61.3 cm³/mol. The quantitative estimate of drug-likeness (QED) is 0.780. The Hall–Kier alpha value is -0.0900. The van der Waals surface area contributed by atoms with E-state index in [4.69, 9.17) is 5.73 Å². The van der Waals surface area contributed by atoms with Gasteiger partial charge in [-0.25, -0.2) is 8.42 Å². The van der Waals surface area contributed by atoms with E-state index in [2.05, 4.69) is 0 Å². The summed E-state index contributed by atoms with van der Waals surface area (Å²) in [5, 5.41) is 0. The number of sulfone groups is 1. The van der Waals surface area contributed by atoms with E-state index in [0.29, 0.717) is 24.0 Å². The number of rotatable bonds is 2. The Morgan fingerprint density at radius 1 is 1.20 bits per heavy atom. The molecule has 0 radical (unpaired) electrons. The first kappa shape index (κ1) is 11.4. The molecule has 1 unspecified atom stereocenters. The zero-order valence-corrected chi connectivity index (χ0v) is 10.1. The second-order valence-corrected chi connectivity index (χ2v) is 7.46. The SMILES string of the molecule is NCC1(C2CCS(=O)(=O)C2)CCCCC1. The zero-order chi connectivity index (χ0) is 10.9. The zero-order valence-electron chi connectivity index (χ0n) is 9.24. The minimum Gasteiger partial charge on any atom is -0.330 e. The molecule has 0 amide bonds. The maximum Gasteiger partial charge on any atom is 0.150 e. The summed E-state index contributed by atoms with van der Waals surface area (Å²) in [6.07, 6.45) is 6.88. The molecule has 2 rings (SSSR count). The van der Waals surface area contributed by atoms with Crippen molar-refractivity contribution in [3.8, 4) is 0 Å². The van der Waals surface area contributed by atoms with Gasteiger partial charge in [0.25, 0.3) is 0 Å². The van der Waals surface area contributed by atoms with Crippen LogP contribution in [0.15, 0.2) is 0 Å². The third kappa shape index (κ3) is 2.21. The largest absolute Gasteiger partial charge is 0.330 e. The van der Waals surface area contributed by atoms with Gasteiger partial charge in [-0.05, 0) is 37.1 Å². The Morgan fingerprint density at radius 2 is 1.87 bits per heavy atom. The van der Waals surface area contributed by atoms with Crippen molar-refractivity contribution in [2.45, 2.75) is 38.5 Å². The average molecular weight is 231 g/mol. The molecule has 15 heavy (non-hydrogen) atoms. The lowest BCUT2D eigenvalue weighted by Crippen LogP contribution is -2.40. The minimum absolute atomic E-state index is 0.155. The van der Waals surface area contributed by atoms with Gasteiger partial charge in [-0.2, -0.15) is 0 Å². The molecule has 1 atom stereocenters. The standard InChI is InChI=1S/C11H21NO2S/c12-9-11(5-2-1-3-6-11)10-4-7-15(13,14)8-10/h10H,1-9,12H2. The van der Waals surface area contributed by atoms with Gasteiger partial charge in [-0.1, -0.05) is 19.3 Å². The minimum atomic E-state index is -2.75. The van der Waals surface area contributed by atoms with E-state index >= 15 is 0 Å². The number of nitrogens with two attached hydrogens (primary N) is 1. The van der Waals surface area contributed by atoms with Crippen molar-refractivity contribution < 1.29 is 8.42 Å². The van der Waals surface area contributed by atoms with E-state index in [9.17, 15) is 8.42 Å². The predicted octanol–water partition coefficient (Wildman–Crippen LogP) is 1.33. The van der Waals surface area contributed by atoms with Crippen LogP contribution in [0.1, 0.15) is 38.5 Å². The van der Waals surface area contributed by atoms with Crippen LogP contribution in [0.25, 0.3) is 0 Å². The smallest absolute Gasteiger partial charge is 0.150 e. The lowest BCUT2D eigenvalue weighted by atomic mass is 9.66. The van der Waals surface area contributed by atoms with Gasteiger partial charge in [0, 0.05) is 0 Å². The van der Waals surface area contributed by atoms with Gasteiger partial charge in [0.1, 0.15) is 0 Å². The Balaban J connectivity index is 2.13. The van der Waals surface area contributed by atoms with Crippen LogP contribution in [0.4, 0.5) is 0 Å². The molecule has 2 N–H and O–H groups in total. The summed E-state index contributed by atoms with van der Waals surface area (Å²) >= 11 is 0. The Labute approximate surface area is 92.3 Å². The summed E-state index contributed by atoms with van der Waals surface area (Å²) in [4.78, 5) is 0. The van der Waals surface area contributed by atoms with Gasteiger partial charge in [0.2, 0.25) is 0 Å². The van der Waals surface area contributed by atoms with Crippen molar-refractivity contribution in [2.24, 2.45) is 17.1 Å². The highest BCUT2D eigenvalue weighted by molar-refractivity contribution is 7.91. The molecular weight excluding hydrogens is 210 g/mol. The first-order chi connectivity index (χ1) is 7.08. The third-order valence-electron chi connectivity index (χ3n) is 4.35. The monoisotopic (exact) mass is 231 g/mol. The van der Waals surface area contributed by atoms with Gasteiger partial charge in [-0.15, -0.1) is 0 Å². The highest BCUT2D eigenvalue weighted by atomic mass is 32.2. The van der Waals surface area contributed by atoms with Gasteiger partial charge in [0.15, 0.2) is 9.84 Å². The van der Waals surface area contributed by atoms with Crippen LogP contribution in [-0.4, -0.2) is 26.5 Å². The molecular formula is C11H21NO2S. The molecule has 0 aromatic rings. The Kier molecular flexibility index (Phi) is 3.08. The number of hydrogen-bond donors (Lipinski definition) is 1. The summed E-state index contributed by atoms with van der Waals surface area (Å²) in [6, 6.07) is 0. The van der Waals surface area contributed by atoms with Crippen molar-refractivity contribution in [1.29, 1.82) is 0 Å². The lowest BCUT2D eigenvalue weighted by molar-refractivity contribution is 0.121. The molecule has 1 heterocycles. The van der Waals surface area contributed by atoms with Crippen LogP contribution >= 0.6 is 0 Å². The Morgan fingerprint density at radius 3 is 2.33 bits per heavy atom. The molecule has 1 saturated carbocycles. The molecule has 1 aliphatic carbocycles. The maximum absolute atomic E-state index is 11.5. The summed E-state index contributed by atoms with van der Waals surface area (Å²) in [7, 11) is -2.75. The number of hydrogen-bond acceptors (Lipinski definition) is 3. The maximum atomic E-state index is 11.5. The van der Waals surface area contributed by atoms with Crippen LogP contribution in [0.5, 0.6) is 0 Å². The molecule has 4 heteroatoms. The molecule has 0 bridgehead atoms. The van der Waals surface area contributed by atoms with Gasteiger partial charge in [0.05, 0.1) is 11.5 Å². The molecule has 3 nitrogen and oxygen atoms in total. The van der Waals surface area contributed by atoms with Crippen LogP contribution < -0.4 is 5.73 Å². The van der Waals surface area contributed by atoms with Crippen LogP contribution in [-0.2, 0) is 9.84 Å². The van der Waals surface area contributed by atoms with E-state index in [0.717, 1.165) is 19.3 Å². The second-order valence-electron chi connectivity index (χ2n) is 5.23. The van der Waals surface area contributed by atoms with E-state index in [-0.39, 0.29) is 5.41 Å². The summed E-state index contributed by atoms with van der Waals surface area (Å²) in [5.41, 5.74) is 6.07. The second kappa shape index (κ2) is 4.06. The lowest BCUT2D eigenvalue weighted by Gasteiger charge is -2.41. The highest BCUT2D eigenvalue weighted by Crippen LogP contribution is 2.45. The van der Waals surface area contributed by atoms with Crippen molar-refractivity contribution in [1.82, 2.24) is 0 Å². The summed E-state index contributed by atoms with van der Waals surface area (Å²) < 4.78 is 23.0. The fourth-order valence-electron chi connectivity index (χ4n) is 3.31. The van der Waals surface area contributed by atoms with E-state index in [1.165, 1.54) is 19.3 Å². The van der Waals surface area contributed by atoms with Crippen molar-refractivity contribution >= 4 is 9.84 Å². The molecule has 0 spiro atoms. The summed E-state index contributed by atoms with van der Waals surface area (Å²) in [5.74, 6) is 1.12. The van der Waals surface area contributed by atoms with Gasteiger partial charge in [-0.3, -0.25) is 0 Å². The molecule has 0 aromatic carbocycles. The Bertz CT molecular complexity index is 317. The van der Waals surface area contributed by atoms with Gasteiger partial charge >= 0.3 is 0 Å². The molecule has 2 aliphatic rings. The first-order valence-corrected chi connectivity index (χ1v) is 7.81. The van der Waals surface area contributed by atoms with Crippen molar-refractivity contribution in [2.75, 3.05) is 18.1 Å². The molecule has 1 saturated heterocycles. The highest BCUT2D eigenvalue weighted by Gasteiger charge is 2.43. The fourth-order valence-corrected chi connectivity index (χ4v) is 5.26. The first-order valence-electron chi connectivity index (χ1n) is 5.98. The normalized spacial score (nSPS) is 34.1. The van der Waals surface area contributed by atoms with Crippen molar-refractivity contribution in [3.63, 3.8) is 0 Å². The average Bonchev–Trinajstić information content (AvgIpc) is 2.60. The van der Waals surface area contributed by atoms with E-state index in [1.807, 2.05) is 0 Å². The summed E-state index contributed by atoms with van der Waals surface area (Å²) in [6.45, 7) is 0.674. The molecule has 0 aromatic heterocycles. The van der Waals surface area contributed by atoms with Crippen LogP contribution in [0.2, 0.25) is 0 Å². The molecule has 88 valence electrons. The van der Waals surface area contributed by atoms with Gasteiger partial charge < -0.3 is 5.73 Å². The molecule has 2 fully saturated rings. The van der Waals surface area contributed by atoms with E-state index < -0.39 is 9.84 Å². The van der Waals surface area contributed by atoms with Crippen LogP contribution in [0, 0.1) is 11.3 Å².